The molecule has 5 rings (SSSR count). The van der Waals surface area contributed by atoms with Crippen LogP contribution in [0.5, 0.6) is 0 Å². The molecule has 1 saturated heterocycles. The van der Waals surface area contributed by atoms with E-state index in [4.69, 9.17) is 9.15 Å². The van der Waals surface area contributed by atoms with Crippen molar-refractivity contribution < 1.29 is 13.9 Å². The molecule has 2 aromatic carbocycles. The summed E-state index contributed by atoms with van der Waals surface area (Å²) in [6.07, 6.45) is 3.02. The number of carbonyl (C=O) groups excluding carboxylic acids is 1. The number of rotatable bonds is 7. The highest BCUT2D eigenvalue weighted by Crippen LogP contribution is 2.32. The average molecular weight is 461 g/mol. The molecule has 8 heteroatoms. The Labute approximate surface area is 197 Å². The quantitative estimate of drug-likeness (QED) is 0.561. The molecule has 1 aliphatic carbocycles. The van der Waals surface area contributed by atoms with E-state index in [9.17, 15) is 14.9 Å². The predicted molar refractivity (Wildman–Crippen MR) is 127 cm³/mol. The molecule has 0 spiro atoms. The maximum atomic E-state index is 12.5. The lowest BCUT2D eigenvalue weighted by molar-refractivity contribution is -0.132. The van der Waals surface area contributed by atoms with Crippen LogP contribution in [0.2, 0.25) is 0 Å². The van der Waals surface area contributed by atoms with Gasteiger partial charge >= 0.3 is 5.76 Å². The van der Waals surface area contributed by atoms with Crippen molar-refractivity contribution in [2.24, 2.45) is 5.92 Å². The normalized spacial score (nSPS) is 19.3. The number of nitrogens with one attached hydrogen (secondary N) is 2. The van der Waals surface area contributed by atoms with Crippen molar-refractivity contribution in [3.05, 3.63) is 58.6 Å². The van der Waals surface area contributed by atoms with E-state index >= 15 is 0 Å². The van der Waals surface area contributed by atoms with Gasteiger partial charge in [0.25, 0.3) is 5.91 Å². The van der Waals surface area contributed by atoms with Crippen LogP contribution in [0.15, 0.2) is 51.7 Å². The Balaban J connectivity index is 1.27. The van der Waals surface area contributed by atoms with Crippen LogP contribution in [-0.2, 0) is 22.5 Å². The van der Waals surface area contributed by atoms with Gasteiger partial charge in [-0.1, -0.05) is 30.3 Å². The highest BCUT2D eigenvalue weighted by molar-refractivity contribution is 5.82. The first-order valence-corrected chi connectivity index (χ1v) is 11.9. The lowest BCUT2D eigenvalue weighted by atomic mass is 10.0. The highest BCUT2D eigenvalue weighted by Gasteiger charge is 2.25. The molecule has 1 saturated carbocycles. The van der Waals surface area contributed by atoms with Crippen molar-refractivity contribution in [2.75, 3.05) is 19.7 Å². The van der Waals surface area contributed by atoms with Crippen molar-refractivity contribution in [2.45, 2.75) is 44.4 Å². The summed E-state index contributed by atoms with van der Waals surface area (Å²) in [5.41, 5.74) is 4.37. The van der Waals surface area contributed by atoms with E-state index < -0.39 is 12.1 Å². The molecule has 2 heterocycles. The van der Waals surface area contributed by atoms with Crippen LogP contribution >= 0.6 is 0 Å². The van der Waals surface area contributed by atoms with Crippen molar-refractivity contribution >= 4 is 17.0 Å². The molecule has 2 N–H and O–H groups in total. The fourth-order valence-corrected chi connectivity index (χ4v) is 4.32. The van der Waals surface area contributed by atoms with E-state index in [1.165, 1.54) is 0 Å². The fraction of sp³-hybridized carbons (Fsp3) is 0.423. The van der Waals surface area contributed by atoms with Crippen LogP contribution in [-0.4, -0.2) is 42.3 Å². The van der Waals surface area contributed by atoms with Gasteiger partial charge in [-0.25, -0.2) is 4.79 Å². The molecular weight excluding hydrogens is 432 g/mol. The number of ether oxygens (including phenoxy) is 1. The Hall–Kier alpha value is -3.41. The van der Waals surface area contributed by atoms with Gasteiger partial charge in [-0.05, 0) is 60.5 Å². The first-order chi connectivity index (χ1) is 16.6. The summed E-state index contributed by atoms with van der Waals surface area (Å²) >= 11 is 0. The smallest absolute Gasteiger partial charge is 0.408 e. The molecule has 1 amide bonds. The molecule has 176 valence electrons. The van der Waals surface area contributed by atoms with E-state index in [-0.39, 0.29) is 11.7 Å². The van der Waals surface area contributed by atoms with E-state index in [0.717, 1.165) is 48.0 Å². The molecule has 1 aromatic heterocycles. The molecule has 2 aliphatic rings. The third-order valence-electron chi connectivity index (χ3n) is 6.44. The summed E-state index contributed by atoms with van der Waals surface area (Å²) in [5, 5.41) is 15.5. The number of amides is 1. The van der Waals surface area contributed by atoms with Gasteiger partial charge in [0.15, 0.2) is 5.58 Å². The second kappa shape index (κ2) is 9.84. The Morgan fingerprint density at radius 1 is 1.21 bits per heavy atom. The number of oxazole rings is 1. The molecule has 1 aliphatic heterocycles. The van der Waals surface area contributed by atoms with Gasteiger partial charge in [0.2, 0.25) is 0 Å². The Morgan fingerprint density at radius 2 is 2.00 bits per heavy atom. The summed E-state index contributed by atoms with van der Waals surface area (Å²) in [4.78, 5) is 24.7. The number of carbonyl (C=O) groups is 1. The number of nitrogens with zero attached hydrogens (tertiary/aromatic N) is 2. The van der Waals surface area contributed by atoms with Gasteiger partial charge in [-0.15, -0.1) is 0 Å². The van der Waals surface area contributed by atoms with Gasteiger partial charge < -0.3 is 19.8 Å². The minimum atomic E-state index is -0.635. The third kappa shape index (κ3) is 5.06. The maximum absolute atomic E-state index is 12.5. The first kappa shape index (κ1) is 22.4. The number of benzene rings is 2. The minimum Gasteiger partial charge on any atom is -0.408 e. The van der Waals surface area contributed by atoms with Gasteiger partial charge in [0.05, 0.1) is 11.6 Å². The van der Waals surface area contributed by atoms with Crippen LogP contribution < -0.4 is 16.4 Å². The molecule has 0 bridgehead atoms. The summed E-state index contributed by atoms with van der Waals surface area (Å²) in [6.45, 7) is 2.51. The highest BCUT2D eigenvalue weighted by atomic mass is 16.5. The second-order valence-electron chi connectivity index (χ2n) is 9.11. The lowest BCUT2D eigenvalue weighted by Gasteiger charge is -2.18. The fourth-order valence-electron chi connectivity index (χ4n) is 4.32. The van der Waals surface area contributed by atoms with Crippen LogP contribution in [0.3, 0.4) is 0 Å². The molecule has 0 radical (unpaired) electrons. The van der Waals surface area contributed by atoms with E-state index in [2.05, 4.69) is 16.7 Å². The first-order valence-electron chi connectivity index (χ1n) is 11.9. The van der Waals surface area contributed by atoms with Crippen LogP contribution in [0.1, 0.15) is 24.8 Å². The predicted octanol–water partition coefficient (Wildman–Crippen LogP) is 2.60. The Morgan fingerprint density at radius 3 is 2.76 bits per heavy atom. The molecule has 1 unspecified atom stereocenters. The van der Waals surface area contributed by atoms with Crippen LogP contribution in [0.4, 0.5) is 0 Å². The molecule has 34 heavy (non-hydrogen) atoms. The number of aromatic nitrogens is 1. The zero-order valence-electron chi connectivity index (χ0n) is 19.0. The maximum Gasteiger partial charge on any atom is 0.419 e. The zero-order chi connectivity index (χ0) is 23.5. The Kier molecular flexibility index (Phi) is 6.48. The van der Waals surface area contributed by atoms with Crippen molar-refractivity contribution in [3.63, 3.8) is 0 Å². The van der Waals surface area contributed by atoms with Crippen molar-refractivity contribution in [1.82, 2.24) is 15.2 Å². The molecular formula is C26H28N4O4. The van der Waals surface area contributed by atoms with Crippen LogP contribution in [0, 0.1) is 17.2 Å². The average Bonchev–Trinajstić information content (AvgIpc) is 3.66. The van der Waals surface area contributed by atoms with Gasteiger partial charge in [0.1, 0.15) is 12.1 Å². The van der Waals surface area contributed by atoms with E-state index in [1.807, 2.05) is 42.5 Å². The number of hydrogen-bond acceptors (Lipinski definition) is 6. The van der Waals surface area contributed by atoms with Gasteiger partial charge in [-0.3, -0.25) is 9.36 Å². The number of fused-ring (bicyclic) bond motifs is 1. The van der Waals surface area contributed by atoms with Gasteiger partial charge in [0, 0.05) is 26.1 Å². The summed E-state index contributed by atoms with van der Waals surface area (Å²) < 4.78 is 12.7. The van der Waals surface area contributed by atoms with Crippen molar-refractivity contribution in [3.8, 4) is 17.2 Å². The van der Waals surface area contributed by atoms with E-state index in [0.29, 0.717) is 37.6 Å². The molecule has 3 aromatic rings. The number of nitriles is 1. The summed E-state index contributed by atoms with van der Waals surface area (Å²) in [6, 6.07) is 15.2. The summed E-state index contributed by atoms with van der Waals surface area (Å²) in [5.74, 6) is 0.00708. The SMILES string of the molecule is N#CC(Cc1ccc(-c2ccc3oc(=O)n(CC4CC4)c3c2)cc1)NC(=O)[C@@H]1CNCCCO1. The summed E-state index contributed by atoms with van der Waals surface area (Å²) in [7, 11) is 0. The minimum absolute atomic E-state index is 0.261. The number of hydrogen-bond donors (Lipinski definition) is 2. The lowest BCUT2D eigenvalue weighted by Crippen LogP contribution is -2.46. The largest absolute Gasteiger partial charge is 0.419 e. The monoisotopic (exact) mass is 460 g/mol. The van der Waals surface area contributed by atoms with Crippen LogP contribution in [0.25, 0.3) is 22.2 Å². The second-order valence-corrected chi connectivity index (χ2v) is 9.11. The molecule has 2 atom stereocenters. The molecule has 2 fully saturated rings. The standard InChI is InChI=1S/C26H28N4O4/c27-14-21(29-25(31)24-15-28-10-1-11-33-24)12-17-4-6-19(7-5-17)20-8-9-23-22(13-20)30(26(32)34-23)16-18-2-3-18/h4-9,13,18,21,24,28H,1-3,10-12,15-16H2,(H,29,31)/t21?,24-/m0/s1. The Bertz CT molecular complexity index is 1260. The van der Waals surface area contributed by atoms with Gasteiger partial charge in [-0.2, -0.15) is 5.26 Å². The van der Waals surface area contributed by atoms with E-state index in [1.54, 1.807) is 4.57 Å². The van der Waals surface area contributed by atoms with Crippen molar-refractivity contribution in [1.29, 1.82) is 5.26 Å². The third-order valence-corrected chi connectivity index (χ3v) is 6.44. The topological polar surface area (TPSA) is 109 Å². The molecule has 8 nitrogen and oxygen atoms in total. The zero-order valence-corrected chi connectivity index (χ0v) is 19.0.